The molecule has 2 aromatic heterocycles. The Balaban J connectivity index is 1.60. The lowest BCUT2D eigenvalue weighted by Gasteiger charge is -2.38. The molecule has 0 bridgehead atoms. The molecule has 5 rings (SSSR count). The van der Waals surface area contributed by atoms with Gasteiger partial charge in [0.05, 0.1) is 11.4 Å². The highest BCUT2D eigenvalue weighted by molar-refractivity contribution is 7.10. The van der Waals surface area contributed by atoms with E-state index in [-0.39, 0.29) is 5.56 Å². The largest absolute Gasteiger partial charge is 0.478 e. The highest BCUT2D eigenvalue weighted by Gasteiger charge is 2.27. The van der Waals surface area contributed by atoms with Gasteiger partial charge in [-0.2, -0.15) is 9.36 Å². The number of nitrogens with zero attached hydrogens (tertiary/aromatic N) is 3. The normalized spacial score (nSPS) is 14.1. The molecular formula is C31H36N4O3S. The van der Waals surface area contributed by atoms with Crippen LogP contribution in [0.2, 0.25) is 0 Å². The fourth-order valence-corrected chi connectivity index (χ4v) is 6.26. The van der Waals surface area contributed by atoms with Crippen molar-refractivity contribution in [3.63, 3.8) is 0 Å². The minimum absolute atomic E-state index is 0.208. The molecule has 0 unspecified atom stereocenters. The molecule has 0 amide bonds. The second kappa shape index (κ2) is 11.6. The van der Waals surface area contributed by atoms with Gasteiger partial charge in [0, 0.05) is 35.2 Å². The summed E-state index contributed by atoms with van der Waals surface area (Å²) >= 11 is 1.32. The van der Waals surface area contributed by atoms with Crippen LogP contribution in [0.15, 0.2) is 52.9 Å². The maximum absolute atomic E-state index is 12.1. The van der Waals surface area contributed by atoms with E-state index in [1.54, 1.807) is 6.92 Å². The van der Waals surface area contributed by atoms with Gasteiger partial charge in [-0.3, -0.25) is 0 Å². The van der Waals surface area contributed by atoms with Crippen molar-refractivity contribution in [2.75, 3.05) is 16.8 Å². The topological polar surface area (TPSA) is 91.5 Å². The van der Waals surface area contributed by atoms with Crippen LogP contribution in [0.25, 0.3) is 22.5 Å². The quantitative estimate of drug-likeness (QED) is 0.219. The average molecular weight is 545 g/mol. The van der Waals surface area contributed by atoms with Crippen LogP contribution in [0.5, 0.6) is 0 Å². The van der Waals surface area contributed by atoms with Crippen molar-refractivity contribution in [2.45, 2.75) is 65.8 Å². The molecule has 204 valence electrons. The molecule has 39 heavy (non-hydrogen) atoms. The summed E-state index contributed by atoms with van der Waals surface area (Å²) in [5.41, 5.74) is 4.59. The molecule has 1 saturated carbocycles. The molecule has 0 saturated heterocycles. The lowest BCUT2D eigenvalue weighted by atomic mass is 9.92. The van der Waals surface area contributed by atoms with Gasteiger partial charge in [-0.1, -0.05) is 69.5 Å². The van der Waals surface area contributed by atoms with E-state index in [1.807, 2.05) is 49.4 Å². The number of anilines is 3. The molecule has 0 atom stereocenters. The Kier molecular flexibility index (Phi) is 8.02. The number of furan rings is 1. The maximum Gasteiger partial charge on any atom is 0.339 e. The summed E-state index contributed by atoms with van der Waals surface area (Å²) in [5.74, 6) is 1.19. The van der Waals surface area contributed by atoms with Gasteiger partial charge >= 0.3 is 5.97 Å². The number of aryl methyl sites for hydroxylation is 2. The SMILES string of the molecule is Cc1oc(C)c(-c2ccc(N(CC(C)C)C3CCCCC3)c(Nc3nc(-c4ccccc4)ns3)c2)c1C(=O)O. The van der Waals surface area contributed by atoms with Gasteiger partial charge in [0.2, 0.25) is 5.13 Å². The number of hydrogen-bond acceptors (Lipinski definition) is 7. The number of hydrogen-bond donors (Lipinski definition) is 2. The first kappa shape index (κ1) is 26.9. The molecule has 4 aromatic rings. The summed E-state index contributed by atoms with van der Waals surface area (Å²) in [6.07, 6.45) is 6.13. The molecule has 2 aromatic carbocycles. The summed E-state index contributed by atoms with van der Waals surface area (Å²) < 4.78 is 10.4. The highest BCUT2D eigenvalue weighted by atomic mass is 32.1. The molecule has 2 heterocycles. The molecule has 0 radical (unpaired) electrons. The van der Waals surface area contributed by atoms with Crippen molar-refractivity contribution in [3.05, 3.63) is 65.6 Å². The van der Waals surface area contributed by atoms with Crippen LogP contribution < -0.4 is 10.2 Å². The van der Waals surface area contributed by atoms with Crippen LogP contribution >= 0.6 is 11.5 Å². The number of benzene rings is 2. The molecule has 1 fully saturated rings. The minimum Gasteiger partial charge on any atom is -0.478 e. The molecular weight excluding hydrogens is 508 g/mol. The van der Waals surface area contributed by atoms with Gasteiger partial charge in [-0.05, 0) is 50.3 Å². The first-order valence-corrected chi connectivity index (χ1v) is 14.5. The summed E-state index contributed by atoms with van der Waals surface area (Å²) in [6.45, 7) is 8.97. The van der Waals surface area contributed by atoms with Crippen LogP contribution in [0.4, 0.5) is 16.5 Å². The molecule has 8 heteroatoms. The van der Waals surface area contributed by atoms with Gasteiger partial charge in [-0.25, -0.2) is 4.79 Å². The first-order valence-electron chi connectivity index (χ1n) is 13.7. The van der Waals surface area contributed by atoms with Crippen molar-refractivity contribution in [1.29, 1.82) is 0 Å². The van der Waals surface area contributed by atoms with Crippen molar-refractivity contribution < 1.29 is 14.3 Å². The standard InChI is InChI=1S/C31H36N4O3S/c1-19(2)18-35(24-13-9-6-10-14-24)26-16-15-23(27-20(3)38-21(4)28(27)30(36)37)17-25(26)32-31-33-29(34-39-31)22-11-7-5-8-12-22/h5,7-8,11-12,15-17,19,24H,6,9-10,13-14,18H2,1-4H3,(H,36,37)(H,32,33,34). The third-order valence-corrected chi connectivity index (χ3v) is 7.98. The van der Waals surface area contributed by atoms with Gasteiger partial charge in [-0.15, -0.1) is 0 Å². The zero-order chi connectivity index (χ0) is 27.5. The second-order valence-electron chi connectivity index (χ2n) is 10.8. The fourth-order valence-electron chi connectivity index (χ4n) is 5.66. The highest BCUT2D eigenvalue weighted by Crippen LogP contribution is 2.40. The van der Waals surface area contributed by atoms with Gasteiger partial charge < -0.3 is 19.7 Å². The van der Waals surface area contributed by atoms with Crippen molar-refractivity contribution in [1.82, 2.24) is 9.36 Å². The van der Waals surface area contributed by atoms with Crippen molar-refractivity contribution in [2.24, 2.45) is 5.92 Å². The van der Waals surface area contributed by atoms with E-state index in [1.165, 1.54) is 43.6 Å². The van der Waals surface area contributed by atoms with Gasteiger partial charge in [0.15, 0.2) is 5.82 Å². The lowest BCUT2D eigenvalue weighted by Crippen LogP contribution is -2.39. The summed E-state index contributed by atoms with van der Waals surface area (Å²) in [4.78, 5) is 19.5. The Morgan fingerprint density at radius 2 is 1.82 bits per heavy atom. The van der Waals surface area contributed by atoms with Crippen LogP contribution in [0.1, 0.15) is 67.8 Å². The van der Waals surface area contributed by atoms with E-state index in [9.17, 15) is 9.90 Å². The smallest absolute Gasteiger partial charge is 0.339 e. The van der Waals surface area contributed by atoms with E-state index >= 15 is 0 Å². The van der Waals surface area contributed by atoms with Crippen LogP contribution in [-0.4, -0.2) is 33.0 Å². The number of carbonyl (C=O) groups is 1. The Bertz CT molecular complexity index is 1440. The van der Waals surface area contributed by atoms with Crippen molar-refractivity contribution >= 4 is 34.0 Å². The average Bonchev–Trinajstić information content (AvgIpc) is 3.51. The summed E-state index contributed by atoms with van der Waals surface area (Å²) in [6, 6.07) is 16.6. The lowest BCUT2D eigenvalue weighted by molar-refractivity contribution is 0.0695. The molecule has 2 N–H and O–H groups in total. The molecule has 1 aliphatic carbocycles. The third kappa shape index (κ3) is 5.86. The number of aromatic carboxylic acids is 1. The zero-order valence-corrected chi connectivity index (χ0v) is 23.8. The molecule has 0 spiro atoms. The molecule has 7 nitrogen and oxygen atoms in total. The number of nitrogens with one attached hydrogen (secondary N) is 1. The Morgan fingerprint density at radius 3 is 2.51 bits per heavy atom. The fraction of sp³-hybridized carbons (Fsp3) is 0.387. The Labute approximate surface area is 234 Å². The minimum atomic E-state index is -0.988. The monoisotopic (exact) mass is 544 g/mol. The number of rotatable bonds is 9. The van der Waals surface area contributed by atoms with E-state index in [0.717, 1.165) is 29.0 Å². The Morgan fingerprint density at radius 1 is 1.08 bits per heavy atom. The van der Waals surface area contributed by atoms with Gasteiger partial charge in [0.25, 0.3) is 0 Å². The van der Waals surface area contributed by atoms with Crippen molar-refractivity contribution in [3.8, 4) is 22.5 Å². The van der Waals surface area contributed by atoms with E-state index in [0.29, 0.717) is 40.0 Å². The van der Waals surface area contributed by atoms with Crippen LogP contribution in [0.3, 0.4) is 0 Å². The number of aromatic nitrogens is 2. The van der Waals surface area contributed by atoms with E-state index < -0.39 is 5.97 Å². The van der Waals surface area contributed by atoms with E-state index in [2.05, 4.69) is 34.5 Å². The number of carboxylic acid groups (broad SMARTS) is 1. The maximum atomic E-state index is 12.1. The summed E-state index contributed by atoms with van der Waals surface area (Å²) in [7, 11) is 0. The number of carboxylic acids is 1. The van der Waals surface area contributed by atoms with Gasteiger partial charge in [0.1, 0.15) is 17.1 Å². The third-order valence-electron chi connectivity index (χ3n) is 7.35. The van der Waals surface area contributed by atoms with E-state index in [4.69, 9.17) is 9.40 Å². The predicted octanol–water partition coefficient (Wildman–Crippen LogP) is 8.32. The second-order valence-corrected chi connectivity index (χ2v) is 11.5. The predicted molar refractivity (Wildman–Crippen MR) is 158 cm³/mol. The Hall–Kier alpha value is -3.65. The molecule has 1 aliphatic rings. The zero-order valence-electron chi connectivity index (χ0n) is 23.0. The van der Waals surface area contributed by atoms with Crippen LogP contribution in [0, 0.1) is 19.8 Å². The first-order chi connectivity index (χ1) is 18.8. The van der Waals surface area contributed by atoms with Crippen LogP contribution in [-0.2, 0) is 0 Å². The molecule has 0 aliphatic heterocycles. The summed E-state index contributed by atoms with van der Waals surface area (Å²) in [5, 5.41) is 14.2.